The van der Waals surface area contributed by atoms with E-state index in [1.54, 1.807) is 36.6 Å². The summed E-state index contributed by atoms with van der Waals surface area (Å²) in [6.45, 7) is 1.86. The lowest BCUT2D eigenvalue weighted by Gasteiger charge is -2.10. The predicted octanol–water partition coefficient (Wildman–Crippen LogP) is 3.78. The van der Waals surface area contributed by atoms with Crippen molar-refractivity contribution in [3.8, 4) is 0 Å². The Balaban J connectivity index is 2.20. The fourth-order valence-electron chi connectivity index (χ4n) is 1.97. The number of hydrogen-bond acceptors (Lipinski definition) is 2. The lowest BCUT2D eigenvalue weighted by molar-refractivity contribution is 0.102. The second kappa shape index (κ2) is 6.87. The van der Waals surface area contributed by atoms with Gasteiger partial charge in [0.1, 0.15) is 0 Å². The highest BCUT2D eigenvalue weighted by atomic mass is 35.5. The van der Waals surface area contributed by atoms with Gasteiger partial charge in [0, 0.05) is 39.1 Å². The van der Waals surface area contributed by atoms with Crippen molar-refractivity contribution >= 4 is 34.0 Å². The maximum absolute atomic E-state index is 12.3. The molecule has 2 rings (SSSR count). The van der Waals surface area contributed by atoms with Gasteiger partial charge in [0.25, 0.3) is 5.91 Å². The third-order valence-electron chi connectivity index (χ3n) is 3.07. The molecular formula is C16H16ClNO2S. The number of anilines is 1. The first-order valence-corrected chi connectivity index (χ1v) is 8.53. The minimum absolute atomic E-state index is 0.205. The first-order valence-electron chi connectivity index (χ1n) is 6.43. The van der Waals surface area contributed by atoms with E-state index in [-0.39, 0.29) is 5.91 Å². The average molecular weight is 322 g/mol. The van der Waals surface area contributed by atoms with E-state index in [9.17, 15) is 9.00 Å². The third-order valence-corrected chi connectivity index (χ3v) is 4.22. The van der Waals surface area contributed by atoms with Gasteiger partial charge in [0.15, 0.2) is 0 Å². The molecule has 0 aliphatic heterocycles. The van der Waals surface area contributed by atoms with Crippen LogP contribution < -0.4 is 5.32 Å². The van der Waals surface area contributed by atoms with Gasteiger partial charge in [-0.15, -0.1) is 0 Å². The highest BCUT2D eigenvalue weighted by Crippen LogP contribution is 2.23. The van der Waals surface area contributed by atoms with Crippen molar-refractivity contribution in [3.05, 3.63) is 64.2 Å². The molecular weight excluding hydrogens is 306 g/mol. The number of amides is 1. The lowest BCUT2D eigenvalue weighted by atomic mass is 10.1. The van der Waals surface area contributed by atoms with Crippen molar-refractivity contribution in [1.29, 1.82) is 0 Å². The number of halogens is 1. The molecule has 0 aliphatic carbocycles. The molecule has 0 saturated carbocycles. The number of benzene rings is 2. The topological polar surface area (TPSA) is 46.2 Å². The van der Waals surface area contributed by atoms with Crippen LogP contribution in [0.1, 0.15) is 21.5 Å². The van der Waals surface area contributed by atoms with Gasteiger partial charge < -0.3 is 5.32 Å². The standard InChI is InChI=1S/C16H16ClNO2S/c1-11-14(17)7-4-8-15(11)18-16(19)13-6-3-5-12(9-13)10-21(2)20/h3-9H,10H2,1-2H3,(H,18,19). The first kappa shape index (κ1) is 15.7. The zero-order chi connectivity index (χ0) is 15.4. The smallest absolute Gasteiger partial charge is 0.255 e. The molecule has 3 nitrogen and oxygen atoms in total. The van der Waals surface area contributed by atoms with Crippen molar-refractivity contribution in [2.24, 2.45) is 0 Å². The van der Waals surface area contributed by atoms with E-state index in [1.807, 2.05) is 19.1 Å². The summed E-state index contributed by atoms with van der Waals surface area (Å²) in [6, 6.07) is 12.5. The molecule has 1 amide bonds. The SMILES string of the molecule is Cc1c(Cl)cccc1NC(=O)c1cccc(CS(C)=O)c1. The monoisotopic (exact) mass is 321 g/mol. The maximum atomic E-state index is 12.3. The van der Waals surface area contributed by atoms with Crippen LogP contribution in [0.5, 0.6) is 0 Å². The summed E-state index contributed by atoms with van der Waals surface area (Å²) in [4.78, 5) is 12.3. The molecule has 0 fully saturated rings. The van der Waals surface area contributed by atoms with Gasteiger partial charge in [-0.3, -0.25) is 9.00 Å². The van der Waals surface area contributed by atoms with Crippen LogP contribution in [0.2, 0.25) is 5.02 Å². The molecule has 2 aromatic rings. The largest absolute Gasteiger partial charge is 0.322 e. The van der Waals surface area contributed by atoms with Crippen LogP contribution in [0.3, 0.4) is 0 Å². The molecule has 0 saturated heterocycles. The highest BCUT2D eigenvalue weighted by molar-refractivity contribution is 7.83. The number of hydrogen-bond donors (Lipinski definition) is 1. The van der Waals surface area contributed by atoms with Crippen molar-refractivity contribution in [3.63, 3.8) is 0 Å². The van der Waals surface area contributed by atoms with Crippen molar-refractivity contribution in [2.45, 2.75) is 12.7 Å². The van der Waals surface area contributed by atoms with Crippen LogP contribution in [0.15, 0.2) is 42.5 Å². The van der Waals surface area contributed by atoms with Crippen LogP contribution >= 0.6 is 11.6 Å². The normalized spacial score (nSPS) is 12.0. The van der Waals surface area contributed by atoms with Gasteiger partial charge in [-0.1, -0.05) is 29.8 Å². The molecule has 0 aromatic heterocycles. The molecule has 0 aliphatic rings. The zero-order valence-electron chi connectivity index (χ0n) is 11.9. The quantitative estimate of drug-likeness (QED) is 0.931. The van der Waals surface area contributed by atoms with Crippen molar-refractivity contribution in [2.75, 3.05) is 11.6 Å². The summed E-state index contributed by atoms with van der Waals surface area (Å²) < 4.78 is 11.3. The summed E-state index contributed by atoms with van der Waals surface area (Å²) in [5.74, 6) is 0.237. The molecule has 1 N–H and O–H groups in total. The molecule has 0 radical (unpaired) electrons. The van der Waals surface area contributed by atoms with E-state index < -0.39 is 10.8 Å². The van der Waals surface area contributed by atoms with Gasteiger partial charge in [0.05, 0.1) is 0 Å². The molecule has 0 bridgehead atoms. The van der Waals surface area contributed by atoms with E-state index in [0.717, 1.165) is 11.1 Å². The summed E-state index contributed by atoms with van der Waals surface area (Å²) in [6.07, 6.45) is 1.64. The van der Waals surface area contributed by atoms with Crippen LogP contribution in [0, 0.1) is 6.92 Å². The Morgan fingerprint density at radius 3 is 2.67 bits per heavy atom. The Morgan fingerprint density at radius 1 is 1.24 bits per heavy atom. The van der Waals surface area contributed by atoms with Crippen LogP contribution in [-0.4, -0.2) is 16.4 Å². The van der Waals surface area contributed by atoms with E-state index in [4.69, 9.17) is 11.6 Å². The minimum atomic E-state index is -0.932. The number of nitrogens with one attached hydrogen (secondary N) is 1. The average Bonchev–Trinajstić information content (AvgIpc) is 2.43. The van der Waals surface area contributed by atoms with Gasteiger partial charge in [-0.25, -0.2) is 0 Å². The Kier molecular flexibility index (Phi) is 5.15. The number of carbonyl (C=O) groups is 1. The second-order valence-corrected chi connectivity index (χ2v) is 6.63. The molecule has 21 heavy (non-hydrogen) atoms. The molecule has 110 valence electrons. The fraction of sp³-hybridized carbons (Fsp3) is 0.188. The van der Waals surface area contributed by atoms with Crippen LogP contribution in [0.4, 0.5) is 5.69 Å². The van der Waals surface area contributed by atoms with Crippen LogP contribution in [-0.2, 0) is 16.6 Å². The Hall–Kier alpha value is -1.65. The fourth-order valence-corrected chi connectivity index (χ4v) is 2.80. The molecule has 0 spiro atoms. The van der Waals surface area contributed by atoms with E-state index in [1.165, 1.54) is 0 Å². The summed E-state index contributed by atoms with van der Waals surface area (Å²) >= 11 is 6.04. The van der Waals surface area contributed by atoms with Gasteiger partial charge in [0.2, 0.25) is 0 Å². The lowest BCUT2D eigenvalue weighted by Crippen LogP contribution is -2.13. The predicted molar refractivity (Wildman–Crippen MR) is 88.4 cm³/mol. The second-order valence-electron chi connectivity index (χ2n) is 4.78. The molecule has 0 heterocycles. The summed E-state index contributed by atoms with van der Waals surface area (Å²) in [5.41, 5.74) is 2.94. The van der Waals surface area contributed by atoms with Crippen LogP contribution in [0.25, 0.3) is 0 Å². The Bertz CT molecular complexity index is 700. The Labute approximate surface area is 131 Å². The van der Waals surface area contributed by atoms with Gasteiger partial charge >= 0.3 is 0 Å². The number of carbonyl (C=O) groups excluding carboxylic acids is 1. The van der Waals surface area contributed by atoms with Gasteiger partial charge in [-0.05, 0) is 42.3 Å². The van der Waals surface area contributed by atoms with Crippen molar-refractivity contribution < 1.29 is 9.00 Å². The van der Waals surface area contributed by atoms with E-state index in [2.05, 4.69) is 5.32 Å². The molecule has 1 unspecified atom stereocenters. The van der Waals surface area contributed by atoms with E-state index >= 15 is 0 Å². The third kappa shape index (κ3) is 4.16. The zero-order valence-corrected chi connectivity index (χ0v) is 13.4. The molecule has 2 aromatic carbocycles. The molecule has 1 atom stereocenters. The van der Waals surface area contributed by atoms with Gasteiger partial charge in [-0.2, -0.15) is 0 Å². The summed E-state index contributed by atoms with van der Waals surface area (Å²) in [7, 11) is -0.932. The summed E-state index contributed by atoms with van der Waals surface area (Å²) in [5, 5.41) is 3.46. The number of rotatable bonds is 4. The first-order chi connectivity index (χ1) is 9.97. The minimum Gasteiger partial charge on any atom is -0.322 e. The van der Waals surface area contributed by atoms with Crippen molar-refractivity contribution in [1.82, 2.24) is 0 Å². The van der Waals surface area contributed by atoms with E-state index in [0.29, 0.717) is 22.0 Å². The Morgan fingerprint density at radius 2 is 1.95 bits per heavy atom. The highest BCUT2D eigenvalue weighted by Gasteiger charge is 2.10. The maximum Gasteiger partial charge on any atom is 0.255 e. The molecule has 5 heteroatoms.